The molecule has 68 heavy (non-hydrogen) atoms. The third kappa shape index (κ3) is 6.39. The molecule has 2 heterocycles. The Morgan fingerprint density at radius 3 is 1.54 bits per heavy atom. The molecule has 0 spiro atoms. The third-order valence-electron chi connectivity index (χ3n) is 13.8. The molecule has 324 valence electrons. The molecule has 5 nitrogen and oxygen atoms in total. The molecule has 0 atom stereocenters. The van der Waals surface area contributed by atoms with E-state index in [0.717, 1.165) is 84.2 Å². The van der Waals surface area contributed by atoms with Crippen molar-refractivity contribution in [1.82, 2.24) is 4.57 Å². The summed E-state index contributed by atoms with van der Waals surface area (Å²) in [5, 5.41) is 2.27. The number of para-hydroxylation sites is 5. The topological polar surface area (TPSA) is 29.9 Å². The summed E-state index contributed by atoms with van der Waals surface area (Å²) < 4.78 is 15.3. The Balaban J connectivity index is 0.877. The van der Waals surface area contributed by atoms with E-state index in [1.165, 1.54) is 22.3 Å². The second-order valence-electron chi connectivity index (χ2n) is 18.1. The molecule has 11 aromatic rings. The van der Waals surface area contributed by atoms with Crippen molar-refractivity contribution in [2.24, 2.45) is 0 Å². The smallest absolute Gasteiger partial charge is 0.194 e. The van der Waals surface area contributed by atoms with Crippen molar-refractivity contribution >= 4 is 55.9 Å². The van der Waals surface area contributed by atoms with Crippen molar-refractivity contribution in [1.29, 1.82) is 0 Å². The van der Waals surface area contributed by atoms with Gasteiger partial charge >= 0.3 is 0 Å². The van der Waals surface area contributed by atoms with Crippen LogP contribution >= 0.6 is 0 Å². The minimum absolute atomic E-state index is 0.135. The first-order valence-electron chi connectivity index (χ1n) is 23.2. The van der Waals surface area contributed by atoms with Crippen LogP contribution in [-0.2, 0) is 5.41 Å². The van der Waals surface area contributed by atoms with Crippen LogP contribution in [0.15, 0.2) is 237 Å². The number of benzene rings is 10. The van der Waals surface area contributed by atoms with E-state index in [4.69, 9.17) is 9.47 Å². The highest BCUT2D eigenvalue weighted by atomic mass is 16.6. The zero-order valence-electron chi connectivity index (χ0n) is 37.7. The molecule has 0 saturated heterocycles. The van der Waals surface area contributed by atoms with E-state index in [9.17, 15) is 0 Å². The second-order valence-corrected chi connectivity index (χ2v) is 18.1. The summed E-state index contributed by atoms with van der Waals surface area (Å²) in [4.78, 5) is 4.69. The van der Waals surface area contributed by atoms with Gasteiger partial charge in [0.1, 0.15) is 5.52 Å². The lowest BCUT2D eigenvalue weighted by Gasteiger charge is -2.29. The van der Waals surface area contributed by atoms with Gasteiger partial charge in [0.05, 0.1) is 5.52 Å². The van der Waals surface area contributed by atoms with Crippen molar-refractivity contribution in [3.8, 4) is 50.9 Å². The van der Waals surface area contributed by atoms with Gasteiger partial charge in [0.15, 0.2) is 23.0 Å². The third-order valence-corrected chi connectivity index (χ3v) is 13.8. The number of fused-ring (bicyclic) bond motifs is 9. The lowest BCUT2D eigenvalue weighted by atomic mass is 9.82. The van der Waals surface area contributed by atoms with Gasteiger partial charge in [0, 0.05) is 56.0 Å². The maximum Gasteiger partial charge on any atom is 0.194 e. The van der Waals surface area contributed by atoms with Gasteiger partial charge in [-0.05, 0) is 149 Å². The summed E-state index contributed by atoms with van der Waals surface area (Å²) in [7, 11) is 0. The van der Waals surface area contributed by atoms with Crippen molar-refractivity contribution in [2.45, 2.75) is 19.3 Å². The Bertz CT molecular complexity index is 3650. The Labute approximate surface area is 396 Å². The van der Waals surface area contributed by atoms with Gasteiger partial charge < -0.3 is 23.8 Å². The summed E-state index contributed by atoms with van der Waals surface area (Å²) in [6.45, 7) is 4.69. The number of hydrogen-bond acceptors (Lipinski definition) is 4. The number of ether oxygens (including phenoxy) is 2. The van der Waals surface area contributed by atoms with E-state index >= 15 is 0 Å². The zero-order chi connectivity index (χ0) is 45.3. The van der Waals surface area contributed by atoms with Crippen LogP contribution in [0.3, 0.4) is 0 Å². The molecule has 1 aliphatic heterocycles. The predicted molar refractivity (Wildman–Crippen MR) is 280 cm³/mol. The second kappa shape index (κ2) is 15.7. The molecule has 13 rings (SSSR count). The quantitative estimate of drug-likeness (QED) is 0.152. The minimum Gasteiger partial charge on any atom is -0.449 e. The first-order valence-corrected chi connectivity index (χ1v) is 23.2. The van der Waals surface area contributed by atoms with Gasteiger partial charge in [-0.2, -0.15) is 0 Å². The molecule has 2 aliphatic rings. The summed E-state index contributed by atoms with van der Waals surface area (Å²) in [5.74, 6) is 2.85. The van der Waals surface area contributed by atoms with Crippen LogP contribution in [-0.4, -0.2) is 4.57 Å². The van der Waals surface area contributed by atoms with Crippen LogP contribution in [0.4, 0.5) is 34.1 Å². The molecule has 0 bridgehead atoms. The summed E-state index contributed by atoms with van der Waals surface area (Å²) in [5.41, 5.74) is 17.2. The number of aromatic nitrogens is 1. The average Bonchev–Trinajstić information content (AvgIpc) is 3.85. The van der Waals surface area contributed by atoms with Gasteiger partial charge in [-0.1, -0.05) is 135 Å². The maximum absolute atomic E-state index is 6.62. The van der Waals surface area contributed by atoms with Crippen molar-refractivity contribution in [3.63, 3.8) is 0 Å². The molecule has 0 unspecified atom stereocenters. The number of nitrogens with zero attached hydrogens (tertiary/aromatic N) is 3. The molecular formula is C63H45N3O2. The summed E-state index contributed by atoms with van der Waals surface area (Å²) in [6, 6.07) is 84.3. The predicted octanol–water partition coefficient (Wildman–Crippen LogP) is 17.6. The van der Waals surface area contributed by atoms with E-state index in [2.05, 4.69) is 234 Å². The molecule has 0 radical (unpaired) electrons. The van der Waals surface area contributed by atoms with E-state index < -0.39 is 0 Å². The van der Waals surface area contributed by atoms with Crippen molar-refractivity contribution in [3.05, 3.63) is 248 Å². The molecular weight excluding hydrogens is 831 g/mol. The highest BCUT2D eigenvalue weighted by molar-refractivity contribution is 6.12. The van der Waals surface area contributed by atoms with Crippen molar-refractivity contribution < 1.29 is 9.47 Å². The molecule has 10 aromatic carbocycles. The van der Waals surface area contributed by atoms with Gasteiger partial charge in [-0.25, -0.2) is 0 Å². The highest BCUT2D eigenvalue weighted by Gasteiger charge is 2.36. The number of anilines is 6. The van der Waals surface area contributed by atoms with E-state index in [1.54, 1.807) is 0 Å². The fourth-order valence-corrected chi connectivity index (χ4v) is 10.5. The first-order chi connectivity index (χ1) is 33.5. The van der Waals surface area contributed by atoms with Crippen LogP contribution in [0.25, 0.3) is 49.7 Å². The Kier molecular flexibility index (Phi) is 9.12. The molecule has 0 amide bonds. The van der Waals surface area contributed by atoms with Gasteiger partial charge in [0.25, 0.3) is 0 Å². The van der Waals surface area contributed by atoms with Crippen LogP contribution in [0.5, 0.6) is 23.0 Å². The maximum atomic E-state index is 6.62. The number of rotatable bonds is 8. The van der Waals surface area contributed by atoms with Crippen LogP contribution in [0.2, 0.25) is 0 Å². The van der Waals surface area contributed by atoms with E-state index in [1.807, 2.05) is 30.3 Å². The van der Waals surface area contributed by atoms with Gasteiger partial charge in [-0.15, -0.1) is 0 Å². The van der Waals surface area contributed by atoms with E-state index in [0.29, 0.717) is 11.5 Å². The Hall–Kier alpha value is -8.80. The fourth-order valence-electron chi connectivity index (χ4n) is 10.5. The summed E-state index contributed by atoms with van der Waals surface area (Å²) in [6.07, 6.45) is 0. The van der Waals surface area contributed by atoms with Gasteiger partial charge in [0.2, 0.25) is 0 Å². The Morgan fingerprint density at radius 2 is 0.868 bits per heavy atom. The molecule has 1 aliphatic carbocycles. The first kappa shape index (κ1) is 39.6. The molecule has 1 aromatic heterocycles. The zero-order valence-corrected chi connectivity index (χ0v) is 37.7. The van der Waals surface area contributed by atoms with Crippen molar-refractivity contribution in [2.75, 3.05) is 9.80 Å². The summed E-state index contributed by atoms with van der Waals surface area (Å²) >= 11 is 0. The normalized spacial score (nSPS) is 12.9. The SMILES string of the molecule is CC1(C)c2ccccc2-c2ccc(N(c3ccc(-c4ccc(-n5c6ccccc6c6ccc7c(c65)Oc5ccccc5O7)cc4)cc3)c3ccc(N(c4ccccc4)c4ccccc4)cc3)cc21. The van der Waals surface area contributed by atoms with Crippen LogP contribution in [0, 0.1) is 0 Å². The van der Waals surface area contributed by atoms with Crippen LogP contribution < -0.4 is 19.3 Å². The lowest BCUT2D eigenvalue weighted by Crippen LogP contribution is -2.16. The molecule has 0 fully saturated rings. The highest BCUT2D eigenvalue weighted by Crippen LogP contribution is 2.52. The monoisotopic (exact) mass is 875 g/mol. The lowest BCUT2D eigenvalue weighted by molar-refractivity contribution is 0.362. The standard InChI is InChI=1S/C63H45N3O2/c1-63(2)55-21-11-9-19-51(55)52-38-37-50(41-56(52)63)65(48-35-33-47(34-36-48)64(44-15-5-3-6-16-44)45-17-7-4-8-18-45)46-29-25-42(26-30-46)43-27-31-49(32-28-43)66-57-22-12-10-20-53(57)54-39-40-60-62(61(54)66)68-59-24-14-13-23-58(59)67-60/h3-41H,1-2H3. The molecule has 5 heteroatoms. The fraction of sp³-hybridized carbons (Fsp3) is 0.0476. The Morgan fingerprint density at radius 1 is 0.368 bits per heavy atom. The van der Waals surface area contributed by atoms with Gasteiger partial charge in [-0.3, -0.25) is 0 Å². The largest absolute Gasteiger partial charge is 0.449 e. The number of hydrogen-bond donors (Lipinski definition) is 0. The molecule has 0 saturated carbocycles. The minimum atomic E-state index is -0.135. The van der Waals surface area contributed by atoms with Crippen LogP contribution in [0.1, 0.15) is 25.0 Å². The molecule has 0 N–H and O–H groups in total. The average molecular weight is 876 g/mol. The van der Waals surface area contributed by atoms with E-state index in [-0.39, 0.29) is 5.41 Å².